The van der Waals surface area contributed by atoms with Gasteiger partial charge in [-0.3, -0.25) is 14.5 Å². The number of hydrogen-bond acceptors (Lipinski definition) is 5. The molecular weight excluding hydrogens is 464 g/mol. The molecule has 0 bridgehead atoms. The summed E-state index contributed by atoms with van der Waals surface area (Å²) in [7, 11) is 1.78. The molecule has 0 spiro atoms. The van der Waals surface area contributed by atoms with Gasteiger partial charge in [0.05, 0.1) is 18.8 Å². The molecule has 37 heavy (non-hydrogen) atoms. The summed E-state index contributed by atoms with van der Waals surface area (Å²) in [4.78, 5) is 31.4. The van der Waals surface area contributed by atoms with Gasteiger partial charge in [-0.05, 0) is 69.7 Å². The van der Waals surface area contributed by atoms with Crippen LogP contribution in [0.15, 0.2) is 53.1 Å². The maximum absolute atomic E-state index is 14.0. The molecule has 2 heterocycles. The predicted molar refractivity (Wildman–Crippen MR) is 146 cm³/mol. The van der Waals surface area contributed by atoms with Gasteiger partial charge >= 0.3 is 0 Å². The summed E-state index contributed by atoms with van der Waals surface area (Å²) >= 11 is 0. The van der Waals surface area contributed by atoms with E-state index in [4.69, 9.17) is 4.42 Å². The molecule has 202 valence electrons. The third-order valence-corrected chi connectivity index (χ3v) is 8.16. The fourth-order valence-electron chi connectivity index (χ4n) is 5.84. The quantitative estimate of drug-likeness (QED) is 0.453. The Hall–Kier alpha value is -2.64. The summed E-state index contributed by atoms with van der Waals surface area (Å²) in [6, 6.07) is 13.9. The Labute approximate surface area is 222 Å². The van der Waals surface area contributed by atoms with E-state index in [0.717, 1.165) is 76.9 Å². The van der Waals surface area contributed by atoms with Crippen LogP contribution >= 0.6 is 0 Å². The molecule has 2 aliphatic rings. The summed E-state index contributed by atoms with van der Waals surface area (Å²) < 4.78 is 5.67. The number of hydrogen-bond donors (Lipinski definition) is 2. The zero-order chi connectivity index (χ0) is 26.0. The topological polar surface area (TPSA) is 77.8 Å². The zero-order valence-corrected chi connectivity index (χ0v) is 22.5. The third kappa shape index (κ3) is 7.68. The zero-order valence-electron chi connectivity index (χ0n) is 22.5. The lowest BCUT2D eigenvalue weighted by Crippen LogP contribution is -2.57. The van der Waals surface area contributed by atoms with Crippen molar-refractivity contribution in [1.29, 1.82) is 0 Å². The van der Waals surface area contributed by atoms with Gasteiger partial charge in [0.25, 0.3) is 0 Å². The molecule has 1 aliphatic carbocycles. The van der Waals surface area contributed by atoms with Crippen LogP contribution in [-0.2, 0) is 22.6 Å². The van der Waals surface area contributed by atoms with Crippen LogP contribution in [0.4, 0.5) is 0 Å². The van der Waals surface area contributed by atoms with Gasteiger partial charge in [-0.15, -0.1) is 0 Å². The summed E-state index contributed by atoms with van der Waals surface area (Å²) in [6.07, 6.45) is 10.2. The van der Waals surface area contributed by atoms with E-state index in [2.05, 4.69) is 44.7 Å². The average molecular weight is 509 g/mol. The molecule has 1 aromatic carbocycles. The van der Waals surface area contributed by atoms with Crippen molar-refractivity contribution >= 4 is 11.8 Å². The molecule has 2 amide bonds. The molecule has 1 saturated carbocycles. The monoisotopic (exact) mass is 508 g/mol. The highest BCUT2D eigenvalue weighted by molar-refractivity contribution is 5.90. The van der Waals surface area contributed by atoms with Crippen LogP contribution in [-0.4, -0.2) is 66.4 Å². The molecule has 7 heteroatoms. The van der Waals surface area contributed by atoms with Crippen molar-refractivity contribution in [2.24, 2.45) is 5.92 Å². The van der Waals surface area contributed by atoms with E-state index in [1.165, 1.54) is 12.0 Å². The summed E-state index contributed by atoms with van der Waals surface area (Å²) in [5.74, 6) is 1.17. The van der Waals surface area contributed by atoms with Crippen LogP contribution in [0.5, 0.6) is 0 Å². The SMILES string of the molecule is CNC(C)C(=O)N[C@H](C(=O)N1CCCC1CN(CCc1ccccc1)Cc1ccco1)C1CCCCC1. The van der Waals surface area contributed by atoms with Crippen molar-refractivity contribution in [2.45, 2.75) is 83.0 Å². The van der Waals surface area contributed by atoms with E-state index in [1.54, 1.807) is 13.3 Å². The summed E-state index contributed by atoms with van der Waals surface area (Å²) in [5.41, 5.74) is 1.31. The Morgan fingerprint density at radius 1 is 1.05 bits per heavy atom. The van der Waals surface area contributed by atoms with Crippen LogP contribution < -0.4 is 10.6 Å². The number of likely N-dealkylation sites (N-methyl/N-ethyl adjacent to an activating group) is 1. The van der Waals surface area contributed by atoms with Crippen molar-refractivity contribution in [3.8, 4) is 0 Å². The molecule has 1 aromatic heterocycles. The smallest absolute Gasteiger partial charge is 0.245 e. The molecule has 0 radical (unpaired) electrons. The van der Waals surface area contributed by atoms with E-state index in [1.807, 2.05) is 25.1 Å². The first-order valence-corrected chi connectivity index (χ1v) is 14.1. The van der Waals surface area contributed by atoms with Crippen molar-refractivity contribution in [3.05, 3.63) is 60.1 Å². The first-order chi connectivity index (χ1) is 18.0. The third-order valence-electron chi connectivity index (χ3n) is 8.16. The number of carbonyl (C=O) groups is 2. The first kappa shape index (κ1) is 27.4. The molecule has 7 nitrogen and oxygen atoms in total. The summed E-state index contributed by atoms with van der Waals surface area (Å²) in [6.45, 7) is 5.02. The second-order valence-electron chi connectivity index (χ2n) is 10.8. The minimum Gasteiger partial charge on any atom is -0.468 e. The van der Waals surface area contributed by atoms with Gasteiger partial charge in [-0.1, -0.05) is 49.6 Å². The largest absolute Gasteiger partial charge is 0.468 e. The second-order valence-corrected chi connectivity index (χ2v) is 10.8. The maximum atomic E-state index is 14.0. The molecular formula is C30H44N4O3. The Morgan fingerprint density at radius 2 is 1.84 bits per heavy atom. The van der Waals surface area contributed by atoms with Crippen LogP contribution in [0.2, 0.25) is 0 Å². The lowest BCUT2D eigenvalue weighted by molar-refractivity contribution is -0.139. The molecule has 1 saturated heterocycles. The number of benzene rings is 1. The van der Waals surface area contributed by atoms with Crippen molar-refractivity contribution in [2.75, 3.05) is 26.7 Å². The van der Waals surface area contributed by atoms with Crippen molar-refractivity contribution < 1.29 is 14.0 Å². The molecule has 2 unspecified atom stereocenters. The summed E-state index contributed by atoms with van der Waals surface area (Å²) in [5, 5.41) is 6.16. The molecule has 2 fully saturated rings. The Bertz CT molecular complexity index is 958. The second kappa shape index (κ2) is 13.8. The highest BCUT2D eigenvalue weighted by Gasteiger charge is 2.39. The van der Waals surface area contributed by atoms with E-state index >= 15 is 0 Å². The average Bonchev–Trinajstić information content (AvgIpc) is 3.63. The van der Waals surface area contributed by atoms with Gasteiger partial charge in [0, 0.05) is 25.7 Å². The van der Waals surface area contributed by atoms with Crippen molar-refractivity contribution in [1.82, 2.24) is 20.4 Å². The van der Waals surface area contributed by atoms with E-state index < -0.39 is 6.04 Å². The van der Waals surface area contributed by atoms with Crippen LogP contribution in [0, 0.1) is 5.92 Å². The minimum atomic E-state index is -0.438. The number of nitrogens with zero attached hydrogens (tertiary/aromatic N) is 2. The van der Waals surface area contributed by atoms with Gasteiger partial charge in [0.15, 0.2) is 0 Å². The highest BCUT2D eigenvalue weighted by Crippen LogP contribution is 2.29. The maximum Gasteiger partial charge on any atom is 0.245 e. The van der Waals surface area contributed by atoms with Gasteiger partial charge in [0.2, 0.25) is 11.8 Å². The van der Waals surface area contributed by atoms with Gasteiger partial charge in [-0.25, -0.2) is 0 Å². The number of rotatable bonds is 12. The normalized spacial score (nSPS) is 20.2. The van der Waals surface area contributed by atoms with Crippen LogP contribution in [0.3, 0.4) is 0 Å². The Morgan fingerprint density at radius 3 is 2.54 bits per heavy atom. The number of carbonyl (C=O) groups excluding carboxylic acids is 2. The minimum absolute atomic E-state index is 0.0931. The predicted octanol–water partition coefficient (Wildman–Crippen LogP) is 3.99. The van der Waals surface area contributed by atoms with Crippen molar-refractivity contribution in [3.63, 3.8) is 0 Å². The molecule has 1 aliphatic heterocycles. The number of furan rings is 1. The van der Waals surface area contributed by atoms with Gasteiger partial charge in [0.1, 0.15) is 11.8 Å². The van der Waals surface area contributed by atoms with Gasteiger partial charge in [-0.2, -0.15) is 0 Å². The van der Waals surface area contributed by atoms with Gasteiger partial charge < -0.3 is 20.0 Å². The fourth-order valence-corrected chi connectivity index (χ4v) is 5.84. The Balaban J connectivity index is 1.46. The molecule has 4 rings (SSSR count). The molecule has 3 atom stereocenters. The lowest BCUT2D eigenvalue weighted by Gasteiger charge is -2.36. The Kier molecular flexibility index (Phi) is 10.2. The number of amides is 2. The van der Waals surface area contributed by atoms with Crippen LogP contribution in [0.1, 0.15) is 63.2 Å². The fraction of sp³-hybridized carbons (Fsp3) is 0.600. The number of nitrogens with one attached hydrogen (secondary N) is 2. The standard InChI is InChI=1S/C30H44N4O3/c1-23(31-2)29(35)32-28(25-13-7-4-8-14-25)30(36)34-18-9-15-26(34)21-33(22-27-16-10-20-37-27)19-17-24-11-5-3-6-12-24/h3,5-6,10-12,16,20,23,25-26,28,31H,4,7-9,13-15,17-19,21-22H2,1-2H3,(H,32,35)/t23?,26?,28-/m0/s1. The van der Waals surface area contributed by atoms with E-state index in [9.17, 15) is 9.59 Å². The first-order valence-electron chi connectivity index (χ1n) is 14.1. The lowest BCUT2D eigenvalue weighted by atomic mass is 9.83. The highest BCUT2D eigenvalue weighted by atomic mass is 16.3. The molecule has 2 N–H and O–H groups in total. The van der Waals surface area contributed by atoms with Crippen LogP contribution in [0.25, 0.3) is 0 Å². The molecule has 2 aromatic rings. The van der Waals surface area contributed by atoms with E-state index in [0.29, 0.717) is 0 Å². The van der Waals surface area contributed by atoms with E-state index in [-0.39, 0.29) is 29.8 Å². The number of likely N-dealkylation sites (tertiary alicyclic amines) is 1.